The molecule has 0 fully saturated rings. The molecule has 0 saturated carbocycles. The van der Waals surface area contributed by atoms with Crippen LogP contribution in [0.3, 0.4) is 0 Å². The van der Waals surface area contributed by atoms with Gasteiger partial charge in [-0.15, -0.1) is 0 Å². The molecule has 0 aromatic heterocycles. The summed E-state index contributed by atoms with van der Waals surface area (Å²) in [5.74, 6) is 0.429. The zero-order valence-electron chi connectivity index (χ0n) is 14.9. The highest BCUT2D eigenvalue weighted by atomic mass is 32.2. The Hall–Kier alpha value is -2.65. The SMILES string of the molecule is C/C(=C/c1ccccc1)CS(=O)(=NCc1ccccc1)c1ccccc1. The minimum absolute atomic E-state index is 0.429. The van der Waals surface area contributed by atoms with Crippen molar-refractivity contribution in [3.8, 4) is 0 Å². The molecule has 3 heteroatoms. The van der Waals surface area contributed by atoms with Crippen LogP contribution in [0.25, 0.3) is 6.08 Å². The van der Waals surface area contributed by atoms with Crippen LogP contribution in [0, 0.1) is 0 Å². The summed E-state index contributed by atoms with van der Waals surface area (Å²) in [6.07, 6.45) is 2.08. The van der Waals surface area contributed by atoms with E-state index in [1.54, 1.807) is 0 Å². The Bertz CT molecular complexity index is 970. The molecule has 0 aliphatic heterocycles. The Morgan fingerprint density at radius 3 is 2.00 bits per heavy atom. The van der Waals surface area contributed by atoms with Crippen molar-refractivity contribution in [2.45, 2.75) is 18.4 Å². The minimum Gasteiger partial charge on any atom is -0.244 e. The molecule has 1 atom stereocenters. The summed E-state index contributed by atoms with van der Waals surface area (Å²) >= 11 is 0. The van der Waals surface area contributed by atoms with Gasteiger partial charge in [-0.1, -0.05) is 90.5 Å². The second kappa shape index (κ2) is 8.63. The van der Waals surface area contributed by atoms with Crippen molar-refractivity contribution in [3.05, 3.63) is 108 Å². The monoisotopic (exact) mass is 361 g/mol. The van der Waals surface area contributed by atoms with E-state index >= 15 is 0 Å². The summed E-state index contributed by atoms with van der Waals surface area (Å²) in [5.41, 5.74) is 3.24. The topological polar surface area (TPSA) is 29.4 Å². The van der Waals surface area contributed by atoms with Gasteiger partial charge >= 0.3 is 0 Å². The first-order chi connectivity index (χ1) is 12.7. The van der Waals surface area contributed by atoms with Crippen LogP contribution in [0.15, 0.2) is 106 Å². The molecule has 1 unspecified atom stereocenters. The highest BCUT2D eigenvalue weighted by molar-refractivity contribution is 7.93. The van der Waals surface area contributed by atoms with Gasteiger partial charge in [-0.3, -0.25) is 0 Å². The summed E-state index contributed by atoms with van der Waals surface area (Å²) in [6.45, 7) is 2.47. The van der Waals surface area contributed by atoms with Crippen LogP contribution >= 0.6 is 0 Å². The smallest absolute Gasteiger partial charge is 0.0794 e. The summed E-state index contributed by atoms with van der Waals surface area (Å²) in [6, 6.07) is 29.7. The number of hydrogen-bond acceptors (Lipinski definition) is 2. The Kier molecular flexibility index (Phi) is 6.03. The molecule has 26 heavy (non-hydrogen) atoms. The van der Waals surface area contributed by atoms with Crippen molar-refractivity contribution < 1.29 is 4.21 Å². The van der Waals surface area contributed by atoms with Crippen LogP contribution in [0.2, 0.25) is 0 Å². The van der Waals surface area contributed by atoms with Gasteiger partial charge in [0.2, 0.25) is 0 Å². The van der Waals surface area contributed by atoms with Gasteiger partial charge in [0.15, 0.2) is 0 Å². The quantitative estimate of drug-likeness (QED) is 0.544. The van der Waals surface area contributed by atoms with Gasteiger partial charge in [0, 0.05) is 4.90 Å². The van der Waals surface area contributed by atoms with E-state index < -0.39 is 9.73 Å². The molecule has 0 heterocycles. The molecule has 0 N–H and O–H groups in total. The average Bonchev–Trinajstić information content (AvgIpc) is 2.69. The van der Waals surface area contributed by atoms with Crippen LogP contribution in [0.4, 0.5) is 0 Å². The third-order valence-electron chi connectivity index (χ3n) is 4.05. The Morgan fingerprint density at radius 1 is 0.846 bits per heavy atom. The van der Waals surface area contributed by atoms with Crippen LogP contribution < -0.4 is 0 Å². The molecular weight excluding hydrogens is 338 g/mol. The van der Waals surface area contributed by atoms with E-state index in [1.165, 1.54) is 0 Å². The van der Waals surface area contributed by atoms with Gasteiger partial charge in [-0.2, -0.15) is 0 Å². The third kappa shape index (κ3) is 4.93. The number of nitrogens with zero attached hydrogens (tertiary/aromatic N) is 1. The number of hydrogen-bond donors (Lipinski definition) is 0. The van der Waals surface area contributed by atoms with Crippen molar-refractivity contribution in [3.63, 3.8) is 0 Å². The first-order valence-electron chi connectivity index (χ1n) is 8.67. The lowest BCUT2D eigenvalue weighted by Crippen LogP contribution is -2.08. The first kappa shape index (κ1) is 18.2. The maximum absolute atomic E-state index is 13.8. The zero-order valence-corrected chi connectivity index (χ0v) is 15.7. The number of rotatable bonds is 6. The van der Waals surface area contributed by atoms with Gasteiger partial charge in [0.25, 0.3) is 0 Å². The first-order valence-corrected chi connectivity index (χ1v) is 10.4. The standard InChI is InChI=1S/C23H23NOS/c1-20(17-21-11-5-2-6-12-21)19-26(25,23-15-9-4-10-16-23)24-18-22-13-7-3-8-14-22/h2-17H,18-19H2,1H3/b20-17-. The van der Waals surface area contributed by atoms with Crippen molar-refractivity contribution in [2.75, 3.05) is 5.75 Å². The molecule has 0 aliphatic rings. The summed E-state index contributed by atoms with van der Waals surface area (Å²) < 4.78 is 18.4. The summed E-state index contributed by atoms with van der Waals surface area (Å²) in [5, 5.41) is 0. The molecule has 3 aromatic rings. The van der Waals surface area contributed by atoms with Crippen LogP contribution in [-0.2, 0) is 16.3 Å². The Balaban J connectivity index is 1.93. The van der Waals surface area contributed by atoms with Gasteiger partial charge in [-0.05, 0) is 30.2 Å². The van der Waals surface area contributed by atoms with E-state index in [-0.39, 0.29) is 0 Å². The second-order valence-electron chi connectivity index (χ2n) is 6.27. The Labute approximate surface area is 156 Å². The molecule has 0 aliphatic carbocycles. The third-order valence-corrected chi connectivity index (χ3v) is 6.45. The van der Waals surface area contributed by atoms with Crippen molar-refractivity contribution in [1.29, 1.82) is 0 Å². The fourth-order valence-electron chi connectivity index (χ4n) is 2.78. The van der Waals surface area contributed by atoms with Crippen molar-refractivity contribution in [2.24, 2.45) is 4.36 Å². The van der Waals surface area contributed by atoms with Gasteiger partial charge in [-0.25, -0.2) is 8.57 Å². The van der Waals surface area contributed by atoms with Gasteiger partial charge in [0.1, 0.15) is 0 Å². The number of benzene rings is 3. The van der Waals surface area contributed by atoms with Gasteiger partial charge < -0.3 is 0 Å². The molecule has 0 amide bonds. The maximum Gasteiger partial charge on any atom is 0.0794 e. The largest absolute Gasteiger partial charge is 0.244 e. The molecular formula is C23H23NOS. The zero-order chi connectivity index (χ0) is 18.2. The predicted molar refractivity (Wildman–Crippen MR) is 110 cm³/mol. The molecule has 0 spiro atoms. The van der Waals surface area contributed by atoms with E-state index in [1.807, 2.05) is 85.8 Å². The highest BCUT2D eigenvalue weighted by Gasteiger charge is 2.13. The lowest BCUT2D eigenvalue weighted by atomic mass is 10.1. The van der Waals surface area contributed by atoms with E-state index in [2.05, 4.69) is 22.6 Å². The fraction of sp³-hybridized carbons (Fsp3) is 0.130. The molecule has 0 radical (unpaired) electrons. The molecule has 3 aromatic carbocycles. The summed E-state index contributed by atoms with van der Waals surface area (Å²) in [4.78, 5) is 0.789. The maximum atomic E-state index is 13.8. The second-order valence-corrected chi connectivity index (χ2v) is 8.57. The Morgan fingerprint density at radius 2 is 1.38 bits per heavy atom. The van der Waals surface area contributed by atoms with Crippen molar-refractivity contribution in [1.82, 2.24) is 0 Å². The average molecular weight is 362 g/mol. The van der Waals surface area contributed by atoms with E-state index in [0.717, 1.165) is 21.6 Å². The summed E-state index contributed by atoms with van der Waals surface area (Å²) in [7, 11) is -2.53. The van der Waals surface area contributed by atoms with Gasteiger partial charge in [0.05, 0.1) is 22.0 Å². The minimum atomic E-state index is -2.53. The highest BCUT2D eigenvalue weighted by Crippen LogP contribution is 2.19. The molecule has 132 valence electrons. The van der Waals surface area contributed by atoms with Crippen LogP contribution in [-0.4, -0.2) is 9.96 Å². The van der Waals surface area contributed by atoms with E-state index in [4.69, 9.17) is 0 Å². The molecule has 0 bridgehead atoms. The van der Waals surface area contributed by atoms with E-state index in [9.17, 15) is 4.21 Å². The van der Waals surface area contributed by atoms with E-state index in [0.29, 0.717) is 12.3 Å². The lowest BCUT2D eigenvalue weighted by molar-refractivity contribution is 0.675. The molecule has 2 nitrogen and oxygen atoms in total. The predicted octanol–water partition coefficient (Wildman–Crippen LogP) is 5.82. The molecule has 0 saturated heterocycles. The molecule has 3 rings (SSSR count). The normalized spacial score (nSPS) is 13.8. The van der Waals surface area contributed by atoms with Crippen LogP contribution in [0.1, 0.15) is 18.1 Å². The fourth-order valence-corrected chi connectivity index (χ4v) is 4.83. The van der Waals surface area contributed by atoms with Crippen LogP contribution in [0.5, 0.6) is 0 Å². The lowest BCUT2D eigenvalue weighted by Gasteiger charge is -2.12. The van der Waals surface area contributed by atoms with Crippen molar-refractivity contribution >= 4 is 15.8 Å².